The first-order valence-corrected chi connectivity index (χ1v) is 10.3. The summed E-state index contributed by atoms with van der Waals surface area (Å²) in [5, 5.41) is 3.66. The number of carbonyl (C=O) groups is 1. The van der Waals surface area contributed by atoms with Crippen LogP contribution in [0, 0.1) is 19.7 Å². The number of Topliss-reactive ketones (excluding diaryl/α,β-unsaturated/α-hetero) is 1. The highest BCUT2D eigenvalue weighted by Gasteiger charge is 2.23. The molecule has 2 aromatic rings. The summed E-state index contributed by atoms with van der Waals surface area (Å²) >= 11 is 5.94. The summed E-state index contributed by atoms with van der Waals surface area (Å²) in [6.45, 7) is 10.5. The Labute approximate surface area is 171 Å². The third kappa shape index (κ3) is 4.65. The molecule has 0 atom stereocenters. The number of nitrogens with one attached hydrogen (secondary N) is 1. The minimum Gasteiger partial charge on any atom is -0.318 e. The van der Waals surface area contributed by atoms with Gasteiger partial charge in [-0.15, -0.1) is 0 Å². The quantitative estimate of drug-likeness (QED) is 0.717. The Morgan fingerprint density at radius 3 is 2.54 bits per heavy atom. The van der Waals surface area contributed by atoms with Gasteiger partial charge in [-0.3, -0.25) is 9.69 Å². The molecule has 0 radical (unpaired) electrons. The molecule has 1 N–H and O–H groups in total. The molecule has 1 aliphatic rings. The van der Waals surface area contributed by atoms with Crippen LogP contribution in [0.1, 0.15) is 48.4 Å². The highest BCUT2D eigenvalue weighted by atomic mass is 35.5. The molecule has 1 fully saturated rings. The number of aryl methyl sites for hydroxylation is 1. The maximum Gasteiger partial charge on any atom is 0.178 e. The summed E-state index contributed by atoms with van der Waals surface area (Å²) in [6.07, 6.45) is 2.14. The fourth-order valence-corrected chi connectivity index (χ4v) is 4.26. The highest BCUT2D eigenvalue weighted by Crippen LogP contribution is 2.25. The van der Waals surface area contributed by atoms with Gasteiger partial charge in [0.2, 0.25) is 0 Å². The van der Waals surface area contributed by atoms with E-state index in [0.717, 1.165) is 48.6 Å². The van der Waals surface area contributed by atoms with Crippen molar-refractivity contribution in [3.63, 3.8) is 0 Å². The molecule has 4 nitrogen and oxygen atoms in total. The van der Waals surface area contributed by atoms with Crippen LogP contribution >= 0.6 is 11.6 Å². The number of nitrogens with zero attached hydrogens (tertiary/aromatic N) is 2. The first-order chi connectivity index (χ1) is 13.3. The monoisotopic (exact) mass is 405 g/mol. The van der Waals surface area contributed by atoms with E-state index in [-0.39, 0.29) is 10.8 Å². The van der Waals surface area contributed by atoms with Crippen LogP contribution in [0.4, 0.5) is 4.39 Å². The maximum atomic E-state index is 13.5. The molecule has 0 spiro atoms. The summed E-state index contributed by atoms with van der Waals surface area (Å²) in [5.74, 6) is -0.317. The topological polar surface area (TPSA) is 37.3 Å². The van der Waals surface area contributed by atoms with Crippen molar-refractivity contribution in [1.82, 2.24) is 14.8 Å². The predicted octanol–water partition coefficient (Wildman–Crippen LogP) is 4.53. The Morgan fingerprint density at radius 1 is 1.25 bits per heavy atom. The van der Waals surface area contributed by atoms with Crippen LogP contribution < -0.4 is 5.32 Å². The van der Waals surface area contributed by atoms with Crippen molar-refractivity contribution in [3.05, 3.63) is 52.1 Å². The highest BCUT2D eigenvalue weighted by molar-refractivity contribution is 6.30. The van der Waals surface area contributed by atoms with Crippen LogP contribution in [0.5, 0.6) is 0 Å². The third-order valence-corrected chi connectivity index (χ3v) is 5.71. The molecule has 1 aromatic carbocycles. The van der Waals surface area contributed by atoms with Crippen molar-refractivity contribution in [1.29, 1.82) is 0 Å². The molecule has 0 bridgehead atoms. The lowest BCUT2D eigenvalue weighted by molar-refractivity contribution is 0.0902. The average molecular weight is 406 g/mol. The molecular weight excluding hydrogens is 377 g/mol. The fraction of sp³-hybridized carbons (Fsp3) is 0.500. The van der Waals surface area contributed by atoms with Crippen LogP contribution in [0.3, 0.4) is 0 Å². The van der Waals surface area contributed by atoms with Gasteiger partial charge in [0.05, 0.1) is 11.6 Å². The van der Waals surface area contributed by atoms with E-state index in [1.807, 2.05) is 24.5 Å². The van der Waals surface area contributed by atoms with E-state index in [1.54, 1.807) is 12.1 Å². The fourth-order valence-electron chi connectivity index (χ4n) is 4.08. The van der Waals surface area contributed by atoms with Crippen LogP contribution in [-0.4, -0.2) is 47.0 Å². The average Bonchev–Trinajstić information content (AvgIpc) is 2.93. The zero-order chi connectivity index (χ0) is 20.4. The number of likely N-dealkylation sites (tertiary alicyclic amines) is 1. The lowest BCUT2D eigenvalue weighted by Crippen LogP contribution is -2.46. The number of hydrogen-bond donors (Lipinski definition) is 1. The Kier molecular flexibility index (Phi) is 6.58. The van der Waals surface area contributed by atoms with Gasteiger partial charge < -0.3 is 9.88 Å². The normalized spacial score (nSPS) is 16.1. The van der Waals surface area contributed by atoms with E-state index in [4.69, 9.17) is 11.6 Å². The van der Waals surface area contributed by atoms with Gasteiger partial charge in [0.15, 0.2) is 5.78 Å². The maximum absolute atomic E-state index is 13.5. The second-order valence-electron chi connectivity index (χ2n) is 8.01. The summed E-state index contributed by atoms with van der Waals surface area (Å²) in [5.41, 5.74) is 3.28. The van der Waals surface area contributed by atoms with Crippen LogP contribution in [0.2, 0.25) is 5.02 Å². The Morgan fingerprint density at radius 2 is 1.93 bits per heavy atom. The lowest BCUT2D eigenvalue weighted by Gasteiger charge is -2.33. The minimum atomic E-state index is -0.445. The number of benzene rings is 1. The molecule has 2 heterocycles. The summed E-state index contributed by atoms with van der Waals surface area (Å²) in [6, 6.07) is 7.58. The van der Waals surface area contributed by atoms with Crippen LogP contribution in [0.25, 0.3) is 5.69 Å². The molecular formula is C22H29ClFN3O. The van der Waals surface area contributed by atoms with Crippen LogP contribution in [0.15, 0.2) is 24.3 Å². The van der Waals surface area contributed by atoms with Gasteiger partial charge in [-0.25, -0.2) is 4.39 Å². The largest absolute Gasteiger partial charge is 0.318 e. The number of rotatable bonds is 6. The van der Waals surface area contributed by atoms with E-state index in [1.165, 1.54) is 6.07 Å². The predicted molar refractivity (Wildman–Crippen MR) is 112 cm³/mol. The Hall–Kier alpha value is -1.69. The molecule has 3 rings (SSSR count). The number of piperidine rings is 1. The molecule has 1 saturated heterocycles. The second kappa shape index (κ2) is 8.76. The number of ketones is 1. The van der Waals surface area contributed by atoms with E-state index in [9.17, 15) is 9.18 Å². The smallest absolute Gasteiger partial charge is 0.178 e. The summed E-state index contributed by atoms with van der Waals surface area (Å²) in [4.78, 5) is 15.2. The van der Waals surface area contributed by atoms with E-state index in [0.29, 0.717) is 18.6 Å². The Balaban J connectivity index is 1.71. The van der Waals surface area contributed by atoms with Crippen molar-refractivity contribution in [2.75, 3.05) is 19.6 Å². The summed E-state index contributed by atoms with van der Waals surface area (Å²) < 4.78 is 15.5. The van der Waals surface area contributed by atoms with Crippen molar-refractivity contribution >= 4 is 17.4 Å². The number of hydrogen-bond acceptors (Lipinski definition) is 3. The number of carbonyl (C=O) groups excluding carboxylic acids is 1. The van der Waals surface area contributed by atoms with Crippen molar-refractivity contribution in [2.45, 2.75) is 52.6 Å². The molecule has 152 valence electrons. The second-order valence-corrected chi connectivity index (χ2v) is 8.42. The lowest BCUT2D eigenvalue weighted by atomic mass is 10.0. The molecule has 0 unspecified atom stereocenters. The zero-order valence-corrected chi connectivity index (χ0v) is 17.8. The Bertz CT molecular complexity index is 854. The SMILES string of the molecule is Cc1cc(C(=O)CN2CCC(NC(C)C)CC2)c(C)n1-c1ccc(F)c(Cl)c1. The van der Waals surface area contributed by atoms with Crippen LogP contribution in [-0.2, 0) is 0 Å². The van der Waals surface area contributed by atoms with Gasteiger partial charge in [0.25, 0.3) is 0 Å². The van der Waals surface area contributed by atoms with Crippen molar-refractivity contribution < 1.29 is 9.18 Å². The molecule has 1 aromatic heterocycles. The van der Waals surface area contributed by atoms with Gasteiger partial charge in [0.1, 0.15) is 5.82 Å². The number of halogens is 2. The molecule has 0 amide bonds. The molecule has 6 heteroatoms. The number of aromatic nitrogens is 1. The zero-order valence-electron chi connectivity index (χ0n) is 17.1. The third-order valence-electron chi connectivity index (χ3n) is 5.42. The summed E-state index contributed by atoms with van der Waals surface area (Å²) in [7, 11) is 0. The van der Waals surface area contributed by atoms with E-state index >= 15 is 0 Å². The molecule has 1 aliphatic heterocycles. The van der Waals surface area contributed by atoms with Crippen molar-refractivity contribution in [2.24, 2.45) is 0 Å². The van der Waals surface area contributed by atoms with Gasteiger partial charge in [-0.2, -0.15) is 0 Å². The first kappa shape index (κ1) is 21.0. The molecule has 28 heavy (non-hydrogen) atoms. The minimum absolute atomic E-state index is 0.0794. The molecule has 0 aliphatic carbocycles. The van der Waals surface area contributed by atoms with Gasteiger partial charge in [-0.1, -0.05) is 25.4 Å². The molecule has 0 saturated carbocycles. The van der Waals surface area contributed by atoms with Gasteiger partial charge in [0, 0.05) is 47.8 Å². The van der Waals surface area contributed by atoms with E-state index in [2.05, 4.69) is 24.1 Å². The van der Waals surface area contributed by atoms with E-state index < -0.39 is 5.82 Å². The standard InChI is InChI=1S/C22H29ClFN3O/c1-14(2)25-17-7-9-26(10-8-17)13-22(28)19-11-15(3)27(16(19)4)18-5-6-21(24)20(23)12-18/h5-6,11-12,14,17,25H,7-10,13H2,1-4H3. The van der Waals surface area contributed by atoms with Gasteiger partial charge >= 0.3 is 0 Å². The van der Waals surface area contributed by atoms with Crippen molar-refractivity contribution in [3.8, 4) is 5.69 Å². The first-order valence-electron chi connectivity index (χ1n) is 9.92. The van der Waals surface area contributed by atoms with Gasteiger partial charge in [-0.05, 0) is 51.0 Å².